The zero-order valence-electron chi connectivity index (χ0n) is 7.16. The molecule has 1 aliphatic rings. The predicted octanol–water partition coefficient (Wildman–Crippen LogP) is 1.17. The Morgan fingerprint density at radius 3 is 2.64 bits per heavy atom. The minimum Gasteiger partial charge on any atom is -0.396 e. The van der Waals surface area contributed by atoms with Gasteiger partial charge in [0.15, 0.2) is 0 Å². The standard InChI is InChI=1S/C9H18O2/c1-2-3-7-4-5-9(11)8(7)6-10/h7-11H,2-6H2,1H3/t7?,8-,9+/m0/s1. The molecule has 0 amide bonds. The van der Waals surface area contributed by atoms with Crippen molar-refractivity contribution in [2.75, 3.05) is 6.61 Å². The van der Waals surface area contributed by atoms with Gasteiger partial charge in [0.25, 0.3) is 0 Å². The van der Waals surface area contributed by atoms with Gasteiger partial charge in [-0.2, -0.15) is 0 Å². The fourth-order valence-electron chi connectivity index (χ4n) is 2.13. The van der Waals surface area contributed by atoms with E-state index in [1.807, 2.05) is 0 Å². The van der Waals surface area contributed by atoms with Crippen molar-refractivity contribution in [2.24, 2.45) is 11.8 Å². The third kappa shape index (κ3) is 1.94. The molecule has 1 unspecified atom stereocenters. The van der Waals surface area contributed by atoms with Gasteiger partial charge in [-0.1, -0.05) is 19.8 Å². The topological polar surface area (TPSA) is 40.5 Å². The highest BCUT2D eigenvalue weighted by Crippen LogP contribution is 2.34. The van der Waals surface area contributed by atoms with E-state index in [4.69, 9.17) is 5.11 Å². The molecule has 11 heavy (non-hydrogen) atoms. The van der Waals surface area contributed by atoms with E-state index >= 15 is 0 Å². The molecule has 1 rings (SSSR count). The Kier molecular flexibility index (Phi) is 3.34. The van der Waals surface area contributed by atoms with Gasteiger partial charge >= 0.3 is 0 Å². The van der Waals surface area contributed by atoms with Crippen LogP contribution in [0.3, 0.4) is 0 Å². The van der Waals surface area contributed by atoms with E-state index in [1.54, 1.807) is 0 Å². The molecule has 2 N–H and O–H groups in total. The lowest BCUT2D eigenvalue weighted by atomic mass is 9.92. The average molecular weight is 158 g/mol. The first-order valence-corrected chi connectivity index (χ1v) is 4.58. The maximum atomic E-state index is 9.43. The van der Waals surface area contributed by atoms with E-state index < -0.39 is 0 Å². The van der Waals surface area contributed by atoms with Gasteiger partial charge in [0.1, 0.15) is 0 Å². The highest BCUT2D eigenvalue weighted by atomic mass is 16.3. The summed E-state index contributed by atoms with van der Waals surface area (Å²) in [6, 6.07) is 0. The minimum absolute atomic E-state index is 0.159. The van der Waals surface area contributed by atoms with Gasteiger partial charge in [0.2, 0.25) is 0 Å². The zero-order chi connectivity index (χ0) is 8.27. The number of aliphatic hydroxyl groups excluding tert-OH is 2. The molecular formula is C9H18O2. The molecule has 3 atom stereocenters. The van der Waals surface area contributed by atoms with Crippen LogP contribution in [0.15, 0.2) is 0 Å². The van der Waals surface area contributed by atoms with Gasteiger partial charge in [0.05, 0.1) is 6.10 Å². The van der Waals surface area contributed by atoms with Gasteiger partial charge in [-0.05, 0) is 18.8 Å². The molecule has 1 aliphatic carbocycles. The third-order valence-corrected chi connectivity index (χ3v) is 2.80. The largest absolute Gasteiger partial charge is 0.396 e. The van der Waals surface area contributed by atoms with Crippen molar-refractivity contribution in [1.29, 1.82) is 0 Å². The normalized spacial score (nSPS) is 37.9. The van der Waals surface area contributed by atoms with Crippen molar-refractivity contribution in [2.45, 2.75) is 38.7 Å². The Balaban J connectivity index is 2.40. The first kappa shape index (κ1) is 9.01. The Labute approximate surface area is 68.2 Å². The number of hydrogen-bond donors (Lipinski definition) is 2. The van der Waals surface area contributed by atoms with Crippen LogP contribution in [0.4, 0.5) is 0 Å². The second-order valence-corrected chi connectivity index (χ2v) is 3.54. The van der Waals surface area contributed by atoms with Crippen LogP contribution >= 0.6 is 0 Å². The maximum Gasteiger partial charge on any atom is 0.0593 e. The van der Waals surface area contributed by atoms with Crippen molar-refractivity contribution < 1.29 is 10.2 Å². The predicted molar refractivity (Wildman–Crippen MR) is 44.2 cm³/mol. The quantitative estimate of drug-likeness (QED) is 0.647. The summed E-state index contributed by atoms with van der Waals surface area (Å²) in [5.74, 6) is 0.731. The van der Waals surface area contributed by atoms with Crippen molar-refractivity contribution in [3.63, 3.8) is 0 Å². The molecule has 0 spiro atoms. The number of aliphatic hydroxyl groups is 2. The molecule has 0 aromatic carbocycles. The van der Waals surface area contributed by atoms with E-state index in [0.717, 1.165) is 25.7 Å². The first-order chi connectivity index (χ1) is 5.29. The van der Waals surface area contributed by atoms with Crippen molar-refractivity contribution in [3.05, 3.63) is 0 Å². The maximum absolute atomic E-state index is 9.43. The molecule has 0 aromatic heterocycles. The summed E-state index contributed by atoms with van der Waals surface area (Å²) in [6.07, 6.45) is 4.06. The number of hydrogen-bond acceptors (Lipinski definition) is 2. The van der Waals surface area contributed by atoms with E-state index in [-0.39, 0.29) is 18.6 Å². The fourth-order valence-corrected chi connectivity index (χ4v) is 2.13. The van der Waals surface area contributed by atoms with Crippen LogP contribution in [0, 0.1) is 11.8 Å². The summed E-state index contributed by atoms with van der Waals surface area (Å²) in [7, 11) is 0. The summed E-state index contributed by atoms with van der Waals surface area (Å²) < 4.78 is 0. The lowest BCUT2D eigenvalue weighted by Gasteiger charge is -2.18. The smallest absolute Gasteiger partial charge is 0.0593 e. The Morgan fingerprint density at radius 2 is 2.09 bits per heavy atom. The second-order valence-electron chi connectivity index (χ2n) is 3.54. The van der Waals surface area contributed by atoms with Crippen LogP contribution in [0.25, 0.3) is 0 Å². The molecule has 0 saturated heterocycles. The van der Waals surface area contributed by atoms with Crippen molar-refractivity contribution >= 4 is 0 Å². The third-order valence-electron chi connectivity index (χ3n) is 2.80. The lowest BCUT2D eigenvalue weighted by Crippen LogP contribution is -2.22. The molecule has 0 bridgehead atoms. The van der Waals surface area contributed by atoms with Gasteiger partial charge < -0.3 is 10.2 Å². The van der Waals surface area contributed by atoms with Crippen molar-refractivity contribution in [1.82, 2.24) is 0 Å². The van der Waals surface area contributed by atoms with Crippen LogP contribution in [-0.4, -0.2) is 22.9 Å². The second kappa shape index (κ2) is 4.07. The summed E-state index contributed by atoms with van der Waals surface area (Å²) >= 11 is 0. The zero-order valence-corrected chi connectivity index (χ0v) is 7.16. The van der Waals surface area contributed by atoms with Crippen molar-refractivity contribution in [3.8, 4) is 0 Å². The average Bonchev–Trinajstić information content (AvgIpc) is 2.33. The monoisotopic (exact) mass is 158 g/mol. The molecule has 2 heteroatoms. The van der Waals surface area contributed by atoms with E-state index in [1.165, 1.54) is 0 Å². The molecule has 2 nitrogen and oxygen atoms in total. The highest BCUT2D eigenvalue weighted by Gasteiger charge is 2.33. The Morgan fingerprint density at radius 1 is 1.36 bits per heavy atom. The van der Waals surface area contributed by atoms with Gasteiger partial charge in [-0.15, -0.1) is 0 Å². The van der Waals surface area contributed by atoms with Gasteiger partial charge in [-0.3, -0.25) is 0 Å². The SMILES string of the molecule is CCCC1CC[C@@H](O)[C@H]1CO. The van der Waals surface area contributed by atoms with Crippen LogP contribution in [-0.2, 0) is 0 Å². The van der Waals surface area contributed by atoms with E-state index in [2.05, 4.69) is 6.92 Å². The van der Waals surface area contributed by atoms with Gasteiger partial charge in [0, 0.05) is 12.5 Å². The molecule has 1 saturated carbocycles. The molecule has 0 radical (unpaired) electrons. The Bertz CT molecular complexity index is 112. The molecule has 0 aliphatic heterocycles. The summed E-state index contributed by atoms with van der Waals surface area (Å²) in [5, 5.41) is 18.4. The molecule has 1 fully saturated rings. The summed E-state index contributed by atoms with van der Waals surface area (Å²) in [5.41, 5.74) is 0. The minimum atomic E-state index is -0.239. The first-order valence-electron chi connectivity index (χ1n) is 4.58. The fraction of sp³-hybridized carbons (Fsp3) is 1.00. The van der Waals surface area contributed by atoms with E-state index in [9.17, 15) is 5.11 Å². The Hall–Kier alpha value is -0.0800. The lowest BCUT2D eigenvalue weighted by molar-refractivity contribution is 0.0702. The molecule has 0 heterocycles. The molecule has 66 valence electrons. The van der Waals surface area contributed by atoms with Crippen LogP contribution in [0.1, 0.15) is 32.6 Å². The summed E-state index contributed by atoms with van der Waals surface area (Å²) in [6.45, 7) is 2.31. The molecule has 0 aromatic rings. The highest BCUT2D eigenvalue weighted by molar-refractivity contribution is 4.83. The van der Waals surface area contributed by atoms with E-state index in [0.29, 0.717) is 5.92 Å². The van der Waals surface area contributed by atoms with Gasteiger partial charge in [-0.25, -0.2) is 0 Å². The van der Waals surface area contributed by atoms with Crippen LogP contribution in [0.2, 0.25) is 0 Å². The number of rotatable bonds is 3. The molecular weight excluding hydrogens is 140 g/mol. The van der Waals surface area contributed by atoms with Crippen LogP contribution in [0.5, 0.6) is 0 Å². The summed E-state index contributed by atoms with van der Waals surface area (Å²) in [4.78, 5) is 0. The van der Waals surface area contributed by atoms with Crippen LogP contribution < -0.4 is 0 Å².